The van der Waals surface area contributed by atoms with Crippen molar-refractivity contribution in [2.75, 3.05) is 5.75 Å². The van der Waals surface area contributed by atoms with Crippen LogP contribution in [-0.4, -0.2) is 55.3 Å². The van der Waals surface area contributed by atoms with Gasteiger partial charge in [-0.15, -0.1) is 0 Å². The van der Waals surface area contributed by atoms with E-state index in [4.69, 9.17) is 0 Å². The first-order valence-electron chi connectivity index (χ1n) is 10.7. The van der Waals surface area contributed by atoms with Crippen molar-refractivity contribution in [1.82, 2.24) is 34.4 Å². The summed E-state index contributed by atoms with van der Waals surface area (Å²) >= 11 is 0. The van der Waals surface area contributed by atoms with Gasteiger partial charge in [0.1, 0.15) is 22.6 Å². The zero-order valence-corrected chi connectivity index (χ0v) is 19.7. The molecule has 0 aliphatic heterocycles. The lowest BCUT2D eigenvalue weighted by molar-refractivity contribution is -0.137. The van der Waals surface area contributed by atoms with Crippen LogP contribution >= 0.6 is 0 Å². The summed E-state index contributed by atoms with van der Waals surface area (Å²) in [5.41, 5.74) is -0.312. The molecule has 14 heteroatoms. The van der Waals surface area contributed by atoms with Crippen LogP contribution in [0.15, 0.2) is 23.5 Å². The van der Waals surface area contributed by atoms with E-state index in [2.05, 4.69) is 25.4 Å². The van der Waals surface area contributed by atoms with E-state index in [1.165, 1.54) is 29.3 Å². The van der Waals surface area contributed by atoms with Gasteiger partial charge in [0.2, 0.25) is 0 Å². The van der Waals surface area contributed by atoms with Crippen molar-refractivity contribution in [1.29, 1.82) is 0 Å². The Kier molecular flexibility index (Phi) is 5.12. The third-order valence-corrected chi connectivity index (χ3v) is 7.49. The molecule has 1 N–H and O–H groups in total. The summed E-state index contributed by atoms with van der Waals surface area (Å²) in [7, 11) is -2.44. The minimum atomic E-state index is -4.62. The molecule has 4 heterocycles. The van der Waals surface area contributed by atoms with Gasteiger partial charge in [-0.25, -0.2) is 27.9 Å². The number of alkyl halides is 3. The molecule has 0 radical (unpaired) electrons. The average Bonchev–Trinajstić information content (AvgIpc) is 3.43. The van der Waals surface area contributed by atoms with Crippen LogP contribution in [0.3, 0.4) is 0 Å². The maximum atomic E-state index is 13.2. The highest BCUT2D eigenvalue weighted by atomic mass is 32.2. The summed E-state index contributed by atoms with van der Waals surface area (Å²) in [5.74, 6) is -0.709. The van der Waals surface area contributed by atoms with Crippen LogP contribution in [0.5, 0.6) is 0 Å². The lowest BCUT2D eigenvalue weighted by Gasteiger charge is -2.08. The first kappa shape index (κ1) is 23.2. The Hall–Kier alpha value is -3.55. The number of hydrogen-bond acceptors (Lipinski definition) is 7. The van der Waals surface area contributed by atoms with E-state index in [0.29, 0.717) is 11.8 Å². The summed E-state index contributed by atoms with van der Waals surface area (Å²) in [5, 5.41) is 6.76. The van der Waals surface area contributed by atoms with Crippen LogP contribution in [0.1, 0.15) is 41.4 Å². The zero-order chi connectivity index (χ0) is 25.3. The molecule has 1 aliphatic carbocycles. The topological polar surface area (TPSA) is 124 Å². The van der Waals surface area contributed by atoms with E-state index < -0.39 is 27.5 Å². The molecule has 10 nitrogen and oxygen atoms in total. The largest absolute Gasteiger partial charge is 0.417 e. The van der Waals surface area contributed by atoms with E-state index in [9.17, 15) is 26.4 Å². The maximum Gasteiger partial charge on any atom is 0.417 e. The second-order valence-electron chi connectivity index (χ2n) is 8.42. The number of rotatable bonds is 5. The Labute approximate surface area is 197 Å². The normalized spacial score (nSPS) is 14.7. The summed E-state index contributed by atoms with van der Waals surface area (Å²) < 4.78 is 68.2. The fraction of sp³-hybridized carbons (Fsp3) is 0.381. The number of carbonyl (C=O) groups excluding carboxylic acids is 1. The lowest BCUT2D eigenvalue weighted by Crippen LogP contribution is -2.28. The second-order valence-corrected chi connectivity index (χ2v) is 10.6. The molecule has 184 valence electrons. The van der Waals surface area contributed by atoms with Crippen molar-refractivity contribution in [3.63, 3.8) is 0 Å². The lowest BCUT2D eigenvalue weighted by atomic mass is 10.2. The number of hydrogen-bond donors (Lipinski definition) is 1. The van der Waals surface area contributed by atoms with E-state index in [1.54, 1.807) is 6.92 Å². The first-order chi connectivity index (χ1) is 16.4. The van der Waals surface area contributed by atoms with Crippen molar-refractivity contribution in [3.05, 3.63) is 35.3 Å². The number of nitrogens with zero attached hydrogens (tertiary/aromatic N) is 6. The van der Waals surface area contributed by atoms with E-state index in [-0.39, 0.29) is 50.7 Å². The predicted molar refractivity (Wildman–Crippen MR) is 118 cm³/mol. The van der Waals surface area contributed by atoms with Crippen LogP contribution in [0.25, 0.3) is 28.2 Å². The Morgan fingerprint density at radius 3 is 2.51 bits per heavy atom. The van der Waals surface area contributed by atoms with Crippen LogP contribution in [0, 0.1) is 6.92 Å². The Morgan fingerprint density at radius 2 is 1.89 bits per heavy atom. The summed E-state index contributed by atoms with van der Waals surface area (Å²) in [6.07, 6.45) is -0.803. The molecule has 1 amide bonds. The summed E-state index contributed by atoms with van der Waals surface area (Å²) in [6, 6.07) is 0.894. The third-order valence-electron chi connectivity index (χ3n) is 5.86. The number of aromatic nitrogens is 6. The van der Waals surface area contributed by atoms with Crippen LogP contribution < -0.4 is 5.32 Å². The van der Waals surface area contributed by atoms with Gasteiger partial charge in [-0.2, -0.15) is 18.3 Å². The minimum Gasteiger partial charge on any atom is -0.348 e. The molecule has 0 bridgehead atoms. The molecule has 1 fully saturated rings. The molecule has 4 aromatic heterocycles. The molecule has 0 spiro atoms. The standard InChI is InChI=1S/C21H20F3N7O3S/c1-4-35(33,34)20-14(18-28-13-7-11(21(22,23)24)9-26-16(13)30(18)3)17-25-8-10(2)15(31(17)29-20)19(32)27-12-5-6-12/h7-9,12H,4-6H2,1-3H3,(H,27,32). The molecular weight excluding hydrogens is 487 g/mol. The van der Waals surface area contributed by atoms with Gasteiger partial charge < -0.3 is 9.88 Å². The Balaban J connectivity index is 1.81. The quantitative estimate of drug-likeness (QED) is 0.440. The van der Waals surface area contributed by atoms with Gasteiger partial charge in [0, 0.05) is 25.5 Å². The Morgan fingerprint density at radius 1 is 1.20 bits per heavy atom. The van der Waals surface area contributed by atoms with Crippen molar-refractivity contribution in [2.24, 2.45) is 7.05 Å². The van der Waals surface area contributed by atoms with Crippen LogP contribution in [0.2, 0.25) is 0 Å². The molecule has 0 aromatic carbocycles. The SMILES string of the molecule is CCS(=O)(=O)c1nn2c(C(=O)NC3CC3)c(C)cnc2c1-c1nc2cc(C(F)(F)F)cnc2n1C. The number of imidazole rings is 1. The molecule has 1 aliphatic rings. The van der Waals surface area contributed by atoms with Crippen LogP contribution in [0.4, 0.5) is 13.2 Å². The number of carbonyl (C=O) groups is 1. The Bertz CT molecular complexity index is 1620. The number of aryl methyl sites for hydroxylation is 2. The average molecular weight is 507 g/mol. The molecule has 4 aromatic rings. The summed E-state index contributed by atoms with van der Waals surface area (Å²) in [4.78, 5) is 25.5. The number of halogens is 3. The first-order valence-corrected chi connectivity index (χ1v) is 12.4. The molecule has 35 heavy (non-hydrogen) atoms. The van der Waals surface area contributed by atoms with Gasteiger partial charge in [0.25, 0.3) is 5.91 Å². The number of fused-ring (bicyclic) bond motifs is 2. The van der Waals surface area contributed by atoms with Gasteiger partial charge in [-0.05, 0) is 31.4 Å². The van der Waals surface area contributed by atoms with Gasteiger partial charge in [-0.3, -0.25) is 4.79 Å². The van der Waals surface area contributed by atoms with E-state index >= 15 is 0 Å². The molecule has 0 unspecified atom stereocenters. The van der Waals surface area contributed by atoms with Gasteiger partial charge in [0.05, 0.1) is 11.3 Å². The fourth-order valence-electron chi connectivity index (χ4n) is 3.81. The maximum absolute atomic E-state index is 13.2. The second kappa shape index (κ2) is 7.73. The van der Waals surface area contributed by atoms with Gasteiger partial charge in [-0.1, -0.05) is 6.92 Å². The molecule has 0 atom stereocenters. The van der Waals surface area contributed by atoms with Crippen LogP contribution in [-0.2, 0) is 23.1 Å². The molecular formula is C21H20F3N7O3S. The zero-order valence-electron chi connectivity index (χ0n) is 18.9. The monoisotopic (exact) mass is 507 g/mol. The highest BCUT2D eigenvalue weighted by Crippen LogP contribution is 2.35. The number of amides is 1. The number of nitrogens with one attached hydrogen (secondary N) is 1. The smallest absolute Gasteiger partial charge is 0.348 e. The fourth-order valence-corrected chi connectivity index (χ4v) is 4.79. The molecule has 1 saturated carbocycles. The van der Waals surface area contributed by atoms with Crippen molar-refractivity contribution >= 4 is 32.6 Å². The van der Waals surface area contributed by atoms with E-state index in [0.717, 1.165) is 18.9 Å². The third kappa shape index (κ3) is 3.81. The highest BCUT2D eigenvalue weighted by Gasteiger charge is 2.34. The van der Waals surface area contributed by atoms with Crippen molar-refractivity contribution in [2.45, 2.75) is 43.9 Å². The number of pyridine rings is 1. The molecule has 0 saturated heterocycles. The predicted octanol–water partition coefficient (Wildman–Crippen LogP) is 2.69. The van der Waals surface area contributed by atoms with Crippen molar-refractivity contribution in [3.8, 4) is 11.4 Å². The summed E-state index contributed by atoms with van der Waals surface area (Å²) in [6.45, 7) is 3.09. The highest BCUT2D eigenvalue weighted by molar-refractivity contribution is 7.91. The van der Waals surface area contributed by atoms with E-state index in [1.807, 2.05) is 0 Å². The van der Waals surface area contributed by atoms with Gasteiger partial charge in [0.15, 0.2) is 26.2 Å². The van der Waals surface area contributed by atoms with Gasteiger partial charge >= 0.3 is 6.18 Å². The minimum absolute atomic E-state index is 0.0126. The van der Waals surface area contributed by atoms with Crippen molar-refractivity contribution < 1.29 is 26.4 Å². The molecule has 5 rings (SSSR count). The number of sulfone groups is 1.